The summed E-state index contributed by atoms with van der Waals surface area (Å²) in [5.41, 5.74) is 7.39. The van der Waals surface area contributed by atoms with Crippen LogP contribution in [0.5, 0.6) is 0 Å². The summed E-state index contributed by atoms with van der Waals surface area (Å²) in [6, 6.07) is 9.93. The Balaban J connectivity index is 2.11. The molecule has 6 nitrogen and oxygen atoms in total. The second-order valence-electron chi connectivity index (χ2n) is 4.83. The first kappa shape index (κ1) is 15.8. The number of nitrogens with one attached hydrogen (secondary N) is 1. The molecule has 2 rings (SSSR count). The van der Waals surface area contributed by atoms with Gasteiger partial charge in [-0.3, -0.25) is 9.59 Å². The Morgan fingerprint density at radius 2 is 2.00 bits per heavy atom. The number of benzene rings is 1. The minimum atomic E-state index is -1.17. The van der Waals surface area contributed by atoms with Crippen molar-refractivity contribution in [3.8, 4) is 11.3 Å². The predicted octanol–water partition coefficient (Wildman–Crippen LogP) is 1.65. The van der Waals surface area contributed by atoms with Crippen LogP contribution in [0.3, 0.4) is 0 Å². The van der Waals surface area contributed by atoms with E-state index in [1.54, 1.807) is 12.1 Å². The molecule has 1 heterocycles. The number of hydrogen-bond acceptors (Lipinski definition) is 4. The zero-order valence-electron chi connectivity index (χ0n) is 12.2. The van der Waals surface area contributed by atoms with Gasteiger partial charge in [0.2, 0.25) is 0 Å². The number of carbonyl (C=O) groups is 2. The van der Waals surface area contributed by atoms with E-state index in [2.05, 4.69) is 5.32 Å². The first-order chi connectivity index (χ1) is 10.5. The second kappa shape index (κ2) is 6.91. The molecule has 0 aliphatic heterocycles. The van der Waals surface area contributed by atoms with E-state index in [9.17, 15) is 9.59 Å². The topological polar surface area (TPSA) is 106 Å². The summed E-state index contributed by atoms with van der Waals surface area (Å²) in [6.45, 7) is 1.89. The van der Waals surface area contributed by atoms with Crippen molar-refractivity contribution in [1.82, 2.24) is 5.32 Å². The van der Waals surface area contributed by atoms with E-state index >= 15 is 0 Å². The van der Waals surface area contributed by atoms with Gasteiger partial charge in [0.1, 0.15) is 11.8 Å². The SMILES string of the molecule is CCc1ccccc1-c1ccc(C(=O)NC[C@@H](N)C(=O)O)o1. The van der Waals surface area contributed by atoms with Crippen molar-refractivity contribution in [2.45, 2.75) is 19.4 Å². The zero-order valence-corrected chi connectivity index (χ0v) is 12.2. The van der Waals surface area contributed by atoms with Crippen LogP contribution in [0.2, 0.25) is 0 Å². The highest BCUT2D eigenvalue weighted by Gasteiger charge is 2.16. The van der Waals surface area contributed by atoms with Crippen molar-refractivity contribution in [1.29, 1.82) is 0 Å². The standard InChI is InChI=1S/C16H18N2O4/c1-2-10-5-3-4-6-11(10)13-7-8-14(22-13)15(19)18-9-12(17)16(20)21/h3-8,12H,2,9,17H2,1H3,(H,18,19)(H,20,21)/t12-/m1/s1. The minimum Gasteiger partial charge on any atom is -0.480 e. The molecule has 0 unspecified atom stereocenters. The summed E-state index contributed by atoms with van der Waals surface area (Å²) in [4.78, 5) is 22.5. The first-order valence-electron chi connectivity index (χ1n) is 6.97. The van der Waals surface area contributed by atoms with Crippen LogP contribution in [0.15, 0.2) is 40.8 Å². The van der Waals surface area contributed by atoms with Gasteiger partial charge in [0.05, 0.1) is 0 Å². The fraction of sp³-hybridized carbons (Fsp3) is 0.250. The van der Waals surface area contributed by atoms with Gasteiger partial charge in [-0.2, -0.15) is 0 Å². The van der Waals surface area contributed by atoms with Gasteiger partial charge in [-0.15, -0.1) is 0 Å². The van der Waals surface area contributed by atoms with Gasteiger partial charge in [0.25, 0.3) is 5.91 Å². The van der Waals surface area contributed by atoms with Gasteiger partial charge >= 0.3 is 5.97 Å². The Hall–Kier alpha value is -2.60. The van der Waals surface area contributed by atoms with Crippen LogP contribution in [0.1, 0.15) is 23.0 Å². The van der Waals surface area contributed by atoms with Crippen LogP contribution >= 0.6 is 0 Å². The first-order valence-corrected chi connectivity index (χ1v) is 6.97. The lowest BCUT2D eigenvalue weighted by atomic mass is 10.0. The van der Waals surface area contributed by atoms with E-state index in [1.807, 2.05) is 31.2 Å². The van der Waals surface area contributed by atoms with Crippen LogP contribution in [-0.4, -0.2) is 29.6 Å². The number of nitrogens with two attached hydrogens (primary N) is 1. The van der Waals surface area contributed by atoms with E-state index in [0.717, 1.165) is 17.5 Å². The number of amides is 1. The van der Waals surface area contributed by atoms with Crippen molar-refractivity contribution in [3.63, 3.8) is 0 Å². The average molecular weight is 302 g/mol. The maximum absolute atomic E-state index is 11.9. The molecule has 1 aromatic carbocycles. The number of hydrogen-bond donors (Lipinski definition) is 3. The van der Waals surface area contributed by atoms with Gasteiger partial charge in [-0.1, -0.05) is 31.2 Å². The summed E-state index contributed by atoms with van der Waals surface area (Å²) >= 11 is 0. The highest BCUT2D eigenvalue weighted by atomic mass is 16.4. The average Bonchev–Trinajstić information content (AvgIpc) is 3.01. The maximum Gasteiger partial charge on any atom is 0.322 e. The number of aryl methyl sites for hydroxylation is 1. The molecule has 0 saturated carbocycles. The van der Waals surface area contributed by atoms with Crippen molar-refractivity contribution < 1.29 is 19.1 Å². The van der Waals surface area contributed by atoms with E-state index < -0.39 is 17.9 Å². The molecule has 116 valence electrons. The summed E-state index contributed by atoms with van der Waals surface area (Å²) < 4.78 is 5.57. The smallest absolute Gasteiger partial charge is 0.322 e. The molecule has 1 atom stereocenters. The Kier molecular flexibility index (Phi) is 4.95. The number of aliphatic carboxylic acids is 1. The molecular formula is C16H18N2O4. The highest BCUT2D eigenvalue weighted by molar-refractivity contribution is 5.92. The van der Waals surface area contributed by atoms with Crippen molar-refractivity contribution in [3.05, 3.63) is 47.7 Å². The van der Waals surface area contributed by atoms with Gasteiger partial charge in [-0.05, 0) is 24.1 Å². The van der Waals surface area contributed by atoms with Gasteiger partial charge in [0, 0.05) is 12.1 Å². The minimum absolute atomic E-state index is 0.124. The van der Waals surface area contributed by atoms with Crippen molar-refractivity contribution in [2.75, 3.05) is 6.54 Å². The van der Waals surface area contributed by atoms with E-state index in [-0.39, 0.29) is 12.3 Å². The predicted molar refractivity (Wildman–Crippen MR) is 81.5 cm³/mol. The van der Waals surface area contributed by atoms with Crippen molar-refractivity contribution in [2.24, 2.45) is 5.73 Å². The van der Waals surface area contributed by atoms with Gasteiger partial charge in [0.15, 0.2) is 5.76 Å². The Morgan fingerprint density at radius 3 is 2.68 bits per heavy atom. The van der Waals surface area contributed by atoms with Crippen LogP contribution in [-0.2, 0) is 11.2 Å². The van der Waals surface area contributed by atoms with Crippen LogP contribution in [0.4, 0.5) is 0 Å². The normalized spacial score (nSPS) is 11.9. The largest absolute Gasteiger partial charge is 0.480 e. The molecule has 1 aromatic heterocycles. The molecule has 0 spiro atoms. The summed E-state index contributed by atoms with van der Waals surface area (Å²) in [6.07, 6.45) is 0.853. The maximum atomic E-state index is 11.9. The molecule has 2 aromatic rings. The third-order valence-electron chi connectivity index (χ3n) is 3.29. The number of carboxylic acid groups (broad SMARTS) is 1. The molecule has 0 aliphatic carbocycles. The number of carbonyl (C=O) groups excluding carboxylic acids is 1. The molecule has 0 aliphatic rings. The monoisotopic (exact) mass is 302 g/mol. The fourth-order valence-corrected chi connectivity index (χ4v) is 2.05. The van der Waals surface area contributed by atoms with Gasteiger partial charge < -0.3 is 20.6 Å². The number of rotatable bonds is 6. The summed E-state index contributed by atoms with van der Waals surface area (Å²) in [5.74, 6) is -0.933. The quantitative estimate of drug-likeness (QED) is 0.752. The highest BCUT2D eigenvalue weighted by Crippen LogP contribution is 2.26. The van der Waals surface area contributed by atoms with Crippen LogP contribution in [0.25, 0.3) is 11.3 Å². The van der Waals surface area contributed by atoms with Crippen molar-refractivity contribution >= 4 is 11.9 Å². The van der Waals surface area contributed by atoms with Crippen LogP contribution in [0, 0.1) is 0 Å². The Labute approximate surface area is 127 Å². The Bertz CT molecular complexity index is 678. The lowest BCUT2D eigenvalue weighted by Gasteiger charge is -2.07. The lowest BCUT2D eigenvalue weighted by Crippen LogP contribution is -2.42. The Morgan fingerprint density at radius 1 is 1.27 bits per heavy atom. The molecule has 1 amide bonds. The molecule has 0 fully saturated rings. The van der Waals surface area contributed by atoms with Crippen LogP contribution < -0.4 is 11.1 Å². The molecule has 4 N–H and O–H groups in total. The second-order valence-corrected chi connectivity index (χ2v) is 4.83. The number of carboxylic acids is 1. The molecule has 0 saturated heterocycles. The number of furan rings is 1. The molecular weight excluding hydrogens is 284 g/mol. The summed E-state index contributed by atoms with van der Waals surface area (Å²) in [5, 5.41) is 11.1. The van der Waals surface area contributed by atoms with E-state index in [1.165, 1.54) is 0 Å². The van der Waals surface area contributed by atoms with E-state index in [0.29, 0.717) is 5.76 Å². The molecule has 0 bridgehead atoms. The molecule has 22 heavy (non-hydrogen) atoms. The molecule has 0 radical (unpaired) electrons. The fourth-order valence-electron chi connectivity index (χ4n) is 2.05. The zero-order chi connectivity index (χ0) is 16.1. The molecule has 6 heteroatoms. The third-order valence-corrected chi connectivity index (χ3v) is 3.29. The van der Waals surface area contributed by atoms with E-state index in [4.69, 9.17) is 15.3 Å². The van der Waals surface area contributed by atoms with Gasteiger partial charge in [-0.25, -0.2) is 0 Å². The lowest BCUT2D eigenvalue weighted by molar-refractivity contribution is -0.138. The third kappa shape index (κ3) is 3.53. The summed E-state index contributed by atoms with van der Waals surface area (Å²) in [7, 11) is 0.